The summed E-state index contributed by atoms with van der Waals surface area (Å²) in [5.41, 5.74) is 0. The third-order valence-corrected chi connectivity index (χ3v) is 5.14. The smallest absolute Gasteiger partial charge is 0.243 e. The highest BCUT2D eigenvalue weighted by Gasteiger charge is 2.38. The van der Waals surface area contributed by atoms with Crippen LogP contribution >= 0.6 is 0 Å². The molecule has 0 bridgehead atoms. The van der Waals surface area contributed by atoms with Crippen LogP contribution < -0.4 is 0 Å². The zero-order chi connectivity index (χ0) is 14.2. The number of halogens is 1. The molecule has 1 aliphatic rings. The second-order valence-electron chi connectivity index (χ2n) is 4.82. The molecule has 0 N–H and O–H groups in total. The maximum atomic E-state index is 13.3. The number of rotatable bonds is 5. The molecule has 1 saturated carbocycles. The normalized spacial score (nSPS) is 15.7. The van der Waals surface area contributed by atoms with Gasteiger partial charge in [-0.05, 0) is 43.2 Å². The lowest BCUT2D eigenvalue weighted by Gasteiger charge is -2.20. The molecule has 0 aliphatic heterocycles. The highest BCUT2D eigenvalue weighted by atomic mass is 32.2. The molecule has 2 aromatic rings. The van der Waals surface area contributed by atoms with Crippen molar-refractivity contribution in [2.24, 2.45) is 0 Å². The third kappa shape index (κ3) is 2.62. The maximum absolute atomic E-state index is 13.3. The van der Waals surface area contributed by atoms with Gasteiger partial charge in [0.1, 0.15) is 11.6 Å². The monoisotopic (exact) mass is 295 g/mol. The zero-order valence-corrected chi connectivity index (χ0v) is 11.5. The summed E-state index contributed by atoms with van der Waals surface area (Å²) in [6, 6.07) is 8.52. The quantitative estimate of drug-likeness (QED) is 0.852. The Labute approximate surface area is 116 Å². The molecule has 3 rings (SSSR count). The summed E-state index contributed by atoms with van der Waals surface area (Å²) in [4.78, 5) is -0.0176. The van der Waals surface area contributed by atoms with E-state index in [1.165, 1.54) is 28.8 Å². The molecule has 0 atom stereocenters. The fraction of sp³-hybridized carbons (Fsp3) is 0.286. The first-order valence-electron chi connectivity index (χ1n) is 6.37. The van der Waals surface area contributed by atoms with Crippen molar-refractivity contribution in [1.29, 1.82) is 0 Å². The van der Waals surface area contributed by atoms with Crippen LogP contribution in [0.3, 0.4) is 0 Å². The van der Waals surface area contributed by atoms with Crippen LogP contribution in [0.4, 0.5) is 4.39 Å². The average molecular weight is 295 g/mol. The molecule has 106 valence electrons. The number of benzene rings is 1. The molecule has 1 fully saturated rings. The summed E-state index contributed by atoms with van der Waals surface area (Å²) in [7, 11) is -3.70. The van der Waals surface area contributed by atoms with Gasteiger partial charge in [-0.2, -0.15) is 4.31 Å². The van der Waals surface area contributed by atoms with Crippen molar-refractivity contribution in [3.05, 3.63) is 54.2 Å². The van der Waals surface area contributed by atoms with Crippen LogP contribution in [0.2, 0.25) is 0 Å². The number of furan rings is 1. The van der Waals surface area contributed by atoms with Crippen molar-refractivity contribution in [3.63, 3.8) is 0 Å². The van der Waals surface area contributed by atoms with Crippen molar-refractivity contribution in [2.45, 2.75) is 30.3 Å². The van der Waals surface area contributed by atoms with Crippen LogP contribution in [0, 0.1) is 5.82 Å². The van der Waals surface area contributed by atoms with Crippen molar-refractivity contribution in [1.82, 2.24) is 4.31 Å². The Bertz CT molecular complexity index is 693. The van der Waals surface area contributed by atoms with Gasteiger partial charge < -0.3 is 4.42 Å². The summed E-state index contributed by atoms with van der Waals surface area (Å²) in [6.45, 7) is 0.177. The van der Waals surface area contributed by atoms with E-state index in [0.717, 1.165) is 18.9 Å². The summed E-state index contributed by atoms with van der Waals surface area (Å²) in [6.07, 6.45) is 3.17. The fourth-order valence-corrected chi connectivity index (χ4v) is 3.78. The average Bonchev–Trinajstić information content (AvgIpc) is 3.12. The first kappa shape index (κ1) is 13.3. The van der Waals surface area contributed by atoms with Crippen LogP contribution in [-0.2, 0) is 16.6 Å². The van der Waals surface area contributed by atoms with Crippen LogP contribution in [0.5, 0.6) is 0 Å². The molecular weight excluding hydrogens is 281 g/mol. The SMILES string of the molecule is O=S(=O)(c1cccc(F)c1)N(Cc1ccco1)C1CC1. The van der Waals surface area contributed by atoms with Crippen molar-refractivity contribution < 1.29 is 17.2 Å². The molecule has 6 heteroatoms. The predicted molar refractivity (Wildman–Crippen MR) is 70.9 cm³/mol. The van der Waals surface area contributed by atoms with Crippen molar-refractivity contribution >= 4 is 10.0 Å². The number of nitrogens with zero attached hydrogens (tertiary/aromatic N) is 1. The molecule has 0 saturated heterocycles. The first-order chi connectivity index (χ1) is 9.57. The van der Waals surface area contributed by atoms with E-state index in [1.54, 1.807) is 12.1 Å². The molecule has 0 radical (unpaired) electrons. The fourth-order valence-electron chi connectivity index (χ4n) is 2.09. The Hall–Kier alpha value is -1.66. The van der Waals surface area contributed by atoms with E-state index < -0.39 is 15.8 Å². The molecule has 0 spiro atoms. The topological polar surface area (TPSA) is 50.5 Å². The maximum Gasteiger partial charge on any atom is 0.243 e. The summed E-state index contributed by atoms with van der Waals surface area (Å²) in [5.74, 6) is 0.0247. The second-order valence-corrected chi connectivity index (χ2v) is 6.71. The number of hydrogen-bond donors (Lipinski definition) is 0. The molecule has 20 heavy (non-hydrogen) atoms. The van der Waals surface area contributed by atoms with Gasteiger partial charge in [-0.25, -0.2) is 12.8 Å². The van der Waals surface area contributed by atoms with Gasteiger partial charge in [0, 0.05) is 6.04 Å². The Morgan fingerprint density at radius 3 is 2.65 bits per heavy atom. The van der Waals surface area contributed by atoms with E-state index in [0.29, 0.717) is 5.76 Å². The van der Waals surface area contributed by atoms with E-state index in [4.69, 9.17) is 4.42 Å². The Kier molecular flexibility index (Phi) is 3.35. The summed E-state index contributed by atoms with van der Waals surface area (Å²) < 4.78 is 45.1. The van der Waals surface area contributed by atoms with Crippen LogP contribution in [0.25, 0.3) is 0 Å². The third-order valence-electron chi connectivity index (χ3n) is 3.25. The highest BCUT2D eigenvalue weighted by Crippen LogP contribution is 2.33. The van der Waals surface area contributed by atoms with E-state index in [-0.39, 0.29) is 17.5 Å². The first-order valence-corrected chi connectivity index (χ1v) is 7.81. The van der Waals surface area contributed by atoms with E-state index >= 15 is 0 Å². The second kappa shape index (κ2) is 5.03. The lowest BCUT2D eigenvalue weighted by molar-refractivity contribution is 0.356. The molecule has 0 amide bonds. The van der Waals surface area contributed by atoms with E-state index in [1.807, 2.05) is 0 Å². The van der Waals surface area contributed by atoms with E-state index in [9.17, 15) is 12.8 Å². The molecule has 1 aliphatic carbocycles. The summed E-state index contributed by atoms with van der Waals surface area (Å²) in [5, 5.41) is 0. The largest absolute Gasteiger partial charge is 0.468 e. The molecule has 1 aromatic carbocycles. The Balaban J connectivity index is 1.94. The minimum Gasteiger partial charge on any atom is -0.468 e. The minimum atomic E-state index is -3.70. The molecular formula is C14H14FNO3S. The van der Waals surface area contributed by atoms with Crippen LogP contribution in [0.15, 0.2) is 52.0 Å². The number of sulfonamides is 1. The van der Waals surface area contributed by atoms with Gasteiger partial charge >= 0.3 is 0 Å². The lowest BCUT2D eigenvalue weighted by atomic mass is 10.4. The van der Waals surface area contributed by atoms with Gasteiger partial charge in [0.05, 0.1) is 17.7 Å². The van der Waals surface area contributed by atoms with Gasteiger partial charge in [-0.15, -0.1) is 0 Å². The summed E-state index contributed by atoms with van der Waals surface area (Å²) >= 11 is 0. The number of hydrogen-bond acceptors (Lipinski definition) is 3. The van der Waals surface area contributed by atoms with Crippen molar-refractivity contribution in [2.75, 3.05) is 0 Å². The van der Waals surface area contributed by atoms with Gasteiger partial charge in [-0.3, -0.25) is 0 Å². The minimum absolute atomic E-state index is 0.0176. The van der Waals surface area contributed by atoms with Gasteiger partial charge in [0.25, 0.3) is 0 Å². The van der Waals surface area contributed by atoms with E-state index in [2.05, 4.69) is 0 Å². The van der Waals surface area contributed by atoms with Crippen LogP contribution in [0.1, 0.15) is 18.6 Å². The molecule has 4 nitrogen and oxygen atoms in total. The highest BCUT2D eigenvalue weighted by molar-refractivity contribution is 7.89. The zero-order valence-electron chi connectivity index (χ0n) is 10.7. The standard InChI is InChI=1S/C14H14FNO3S/c15-11-3-1-5-14(9-11)20(17,18)16(12-6-7-12)10-13-4-2-8-19-13/h1-5,8-9,12H,6-7,10H2. The molecule has 0 unspecified atom stereocenters. The Morgan fingerprint density at radius 2 is 2.05 bits per heavy atom. The lowest BCUT2D eigenvalue weighted by Crippen LogP contribution is -2.32. The van der Waals surface area contributed by atoms with Crippen LogP contribution in [-0.4, -0.2) is 18.8 Å². The van der Waals surface area contributed by atoms with Crippen molar-refractivity contribution in [3.8, 4) is 0 Å². The van der Waals surface area contributed by atoms with Gasteiger partial charge in [0.15, 0.2) is 0 Å². The van der Waals surface area contributed by atoms with Gasteiger partial charge in [0.2, 0.25) is 10.0 Å². The van der Waals surface area contributed by atoms with Gasteiger partial charge in [-0.1, -0.05) is 6.07 Å². The molecule has 1 aromatic heterocycles. The molecule has 1 heterocycles. The Morgan fingerprint density at radius 1 is 1.25 bits per heavy atom. The predicted octanol–water partition coefficient (Wildman–Crippen LogP) is 2.77.